The molecular formula is C9H8N4O3. The first-order valence-electron chi connectivity index (χ1n) is 4.43. The van der Waals surface area contributed by atoms with Crippen molar-refractivity contribution in [2.24, 2.45) is 0 Å². The van der Waals surface area contributed by atoms with Crippen LogP contribution in [-0.4, -0.2) is 30.8 Å². The van der Waals surface area contributed by atoms with Crippen LogP contribution in [0.5, 0.6) is 0 Å². The molecule has 2 heterocycles. The predicted octanol–water partition coefficient (Wildman–Crippen LogP) is -0.0378. The Kier molecular flexibility index (Phi) is 2.28. The highest BCUT2D eigenvalue weighted by Crippen LogP contribution is 2.01. The number of aromatic amines is 1. The Morgan fingerprint density at radius 1 is 1.56 bits per heavy atom. The van der Waals surface area contributed by atoms with E-state index >= 15 is 0 Å². The van der Waals surface area contributed by atoms with Gasteiger partial charge >= 0.3 is 5.97 Å². The standard InChI is InChI=1S/C9H8N4O3/c1-5-4-7(14)11-9(10-5)13-3-2-6(12-13)8(15)16/h2-4H,1H3,(H,15,16)(H,10,11,14). The van der Waals surface area contributed by atoms with Crippen molar-refractivity contribution in [1.82, 2.24) is 19.7 Å². The number of nitrogens with zero attached hydrogens (tertiary/aromatic N) is 3. The molecule has 2 N–H and O–H groups in total. The number of aromatic carboxylic acids is 1. The van der Waals surface area contributed by atoms with Crippen LogP contribution in [0.4, 0.5) is 0 Å². The minimum absolute atomic E-state index is 0.107. The molecule has 7 nitrogen and oxygen atoms in total. The van der Waals surface area contributed by atoms with Gasteiger partial charge in [0.05, 0.1) is 0 Å². The predicted molar refractivity (Wildman–Crippen MR) is 53.7 cm³/mol. The minimum Gasteiger partial charge on any atom is -0.476 e. The summed E-state index contributed by atoms with van der Waals surface area (Å²) in [4.78, 5) is 28.3. The second kappa shape index (κ2) is 3.61. The Morgan fingerprint density at radius 3 is 2.88 bits per heavy atom. The van der Waals surface area contributed by atoms with E-state index in [9.17, 15) is 9.59 Å². The third kappa shape index (κ3) is 1.83. The van der Waals surface area contributed by atoms with Crippen LogP contribution in [0.25, 0.3) is 5.95 Å². The van der Waals surface area contributed by atoms with E-state index in [1.165, 1.54) is 23.0 Å². The zero-order chi connectivity index (χ0) is 11.7. The summed E-state index contributed by atoms with van der Waals surface area (Å²) < 4.78 is 1.21. The van der Waals surface area contributed by atoms with Crippen molar-refractivity contribution in [1.29, 1.82) is 0 Å². The van der Waals surface area contributed by atoms with Gasteiger partial charge in [-0.1, -0.05) is 0 Å². The molecule has 0 unspecified atom stereocenters. The Balaban J connectivity index is 2.50. The van der Waals surface area contributed by atoms with Gasteiger partial charge in [0.2, 0.25) is 5.95 Å². The Morgan fingerprint density at radius 2 is 2.31 bits per heavy atom. The van der Waals surface area contributed by atoms with E-state index in [1.807, 2.05) is 0 Å². The molecule has 0 aromatic carbocycles. The number of carboxylic acid groups (broad SMARTS) is 1. The highest BCUT2D eigenvalue weighted by atomic mass is 16.4. The van der Waals surface area contributed by atoms with Crippen molar-refractivity contribution in [2.75, 3.05) is 0 Å². The average Bonchev–Trinajstić information content (AvgIpc) is 2.64. The van der Waals surface area contributed by atoms with Gasteiger partial charge in [-0.25, -0.2) is 14.5 Å². The van der Waals surface area contributed by atoms with E-state index in [-0.39, 0.29) is 17.2 Å². The lowest BCUT2D eigenvalue weighted by molar-refractivity contribution is 0.0690. The van der Waals surface area contributed by atoms with Crippen LogP contribution in [-0.2, 0) is 0 Å². The Bertz CT molecular complexity index is 599. The van der Waals surface area contributed by atoms with Crippen molar-refractivity contribution in [3.05, 3.63) is 40.1 Å². The molecule has 0 amide bonds. The summed E-state index contributed by atoms with van der Waals surface area (Å²) in [7, 11) is 0. The van der Waals surface area contributed by atoms with Gasteiger partial charge in [-0.2, -0.15) is 5.10 Å². The highest BCUT2D eigenvalue weighted by molar-refractivity contribution is 5.85. The molecule has 0 saturated carbocycles. The summed E-state index contributed by atoms with van der Waals surface area (Å²) in [5.41, 5.74) is 0.116. The van der Waals surface area contributed by atoms with Crippen LogP contribution in [0.1, 0.15) is 16.2 Å². The number of hydrogen-bond acceptors (Lipinski definition) is 4. The molecule has 7 heteroatoms. The Hall–Kier alpha value is -2.44. The summed E-state index contributed by atoms with van der Waals surface area (Å²) in [5.74, 6) is -0.939. The molecule has 2 rings (SSSR count). The topological polar surface area (TPSA) is 101 Å². The maximum Gasteiger partial charge on any atom is 0.356 e. The van der Waals surface area contributed by atoms with Crippen molar-refractivity contribution in [3.8, 4) is 5.95 Å². The van der Waals surface area contributed by atoms with Crippen molar-refractivity contribution < 1.29 is 9.90 Å². The molecule has 0 fully saturated rings. The van der Waals surface area contributed by atoms with Gasteiger partial charge in [0.15, 0.2) is 5.69 Å². The summed E-state index contributed by atoms with van der Waals surface area (Å²) in [6, 6.07) is 2.66. The first-order valence-corrected chi connectivity index (χ1v) is 4.43. The number of aryl methyl sites for hydroxylation is 1. The summed E-state index contributed by atoms with van der Waals surface area (Å²) in [6.45, 7) is 1.67. The molecule has 0 saturated heterocycles. The van der Waals surface area contributed by atoms with Gasteiger partial charge < -0.3 is 5.11 Å². The van der Waals surface area contributed by atoms with E-state index in [0.717, 1.165) is 0 Å². The Labute approximate surface area is 89.4 Å². The van der Waals surface area contributed by atoms with E-state index < -0.39 is 5.97 Å². The van der Waals surface area contributed by atoms with Crippen LogP contribution in [0.2, 0.25) is 0 Å². The first kappa shape index (κ1) is 10.1. The maximum absolute atomic E-state index is 11.2. The molecule has 2 aromatic rings. The van der Waals surface area contributed by atoms with Gasteiger partial charge in [-0.05, 0) is 13.0 Å². The molecule has 16 heavy (non-hydrogen) atoms. The summed E-state index contributed by atoms with van der Waals surface area (Å²) in [5, 5.41) is 12.4. The second-order valence-electron chi connectivity index (χ2n) is 3.16. The first-order chi connectivity index (χ1) is 7.56. The van der Waals surface area contributed by atoms with E-state index in [0.29, 0.717) is 5.69 Å². The molecule has 0 spiro atoms. The lowest BCUT2D eigenvalue weighted by atomic mass is 10.4. The van der Waals surface area contributed by atoms with Crippen molar-refractivity contribution >= 4 is 5.97 Å². The van der Waals surface area contributed by atoms with Crippen LogP contribution >= 0.6 is 0 Å². The molecule has 2 aromatic heterocycles. The van der Waals surface area contributed by atoms with Crippen LogP contribution in [0, 0.1) is 6.92 Å². The maximum atomic E-state index is 11.2. The SMILES string of the molecule is Cc1cc(=O)[nH]c(-n2ccc(C(=O)O)n2)n1. The lowest BCUT2D eigenvalue weighted by Gasteiger charge is -1.99. The van der Waals surface area contributed by atoms with Gasteiger partial charge in [-0.3, -0.25) is 9.78 Å². The number of carbonyl (C=O) groups is 1. The van der Waals surface area contributed by atoms with Crippen LogP contribution in [0.3, 0.4) is 0 Å². The third-order valence-electron chi connectivity index (χ3n) is 1.88. The summed E-state index contributed by atoms with van der Waals surface area (Å²) >= 11 is 0. The fraction of sp³-hybridized carbons (Fsp3) is 0.111. The molecule has 82 valence electrons. The highest BCUT2D eigenvalue weighted by Gasteiger charge is 2.09. The molecule has 0 bridgehead atoms. The largest absolute Gasteiger partial charge is 0.476 e. The molecule has 0 aliphatic rings. The molecule has 0 aliphatic carbocycles. The smallest absolute Gasteiger partial charge is 0.356 e. The van der Waals surface area contributed by atoms with Gasteiger partial charge in [0.1, 0.15) is 0 Å². The number of hydrogen-bond donors (Lipinski definition) is 2. The molecule has 0 radical (unpaired) electrons. The quantitative estimate of drug-likeness (QED) is 0.739. The average molecular weight is 220 g/mol. The normalized spacial score (nSPS) is 10.3. The number of carboxylic acids is 1. The monoisotopic (exact) mass is 220 g/mol. The number of nitrogens with one attached hydrogen (secondary N) is 1. The van der Waals surface area contributed by atoms with Crippen LogP contribution in [0.15, 0.2) is 23.1 Å². The zero-order valence-electron chi connectivity index (χ0n) is 8.34. The molecule has 0 atom stereocenters. The van der Waals surface area contributed by atoms with Crippen LogP contribution < -0.4 is 5.56 Å². The van der Waals surface area contributed by atoms with E-state index in [2.05, 4.69) is 15.1 Å². The zero-order valence-corrected chi connectivity index (χ0v) is 8.34. The van der Waals surface area contributed by atoms with E-state index in [4.69, 9.17) is 5.11 Å². The van der Waals surface area contributed by atoms with E-state index in [1.54, 1.807) is 6.92 Å². The number of rotatable bonds is 2. The lowest BCUT2D eigenvalue weighted by Crippen LogP contribution is -2.13. The number of aromatic nitrogens is 4. The number of H-pyrrole nitrogens is 1. The van der Waals surface area contributed by atoms with Crippen molar-refractivity contribution in [3.63, 3.8) is 0 Å². The van der Waals surface area contributed by atoms with Crippen molar-refractivity contribution in [2.45, 2.75) is 6.92 Å². The van der Waals surface area contributed by atoms with Gasteiger partial charge in [0.25, 0.3) is 5.56 Å². The second-order valence-corrected chi connectivity index (χ2v) is 3.16. The fourth-order valence-corrected chi connectivity index (χ4v) is 1.23. The third-order valence-corrected chi connectivity index (χ3v) is 1.88. The fourth-order valence-electron chi connectivity index (χ4n) is 1.23. The van der Waals surface area contributed by atoms with Gasteiger partial charge in [0, 0.05) is 18.0 Å². The molecular weight excluding hydrogens is 212 g/mol. The minimum atomic E-state index is -1.13. The molecule has 0 aliphatic heterocycles. The summed E-state index contributed by atoms with van der Waals surface area (Å²) in [6.07, 6.45) is 1.42. The van der Waals surface area contributed by atoms with Gasteiger partial charge in [-0.15, -0.1) is 0 Å².